The third-order valence-electron chi connectivity index (χ3n) is 6.27. The number of rotatable bonds is 7. The molecule has 3 aromatic heterocycles. The molecule has 0 aliphatic carbocycles. The molecule has 7 nitrogen and oxygen atoms in total. The molecule has 0 fully saturated rings. The van der Waals surface area contributed by atoms with E-state index in [0.29, 0.717) is 27.1 Å². The average Bonchev–Trinajstić information content (AvgIpc) is 3.53. The number of fused-ring (bicyclic) bond motifs is 2. The van der Waals surface area contributed by atoms with E-state index in [4.69, 9.17) is 20.2 Å². The van der Waals surface area contributed by atoms with Gasteiger partial charge in [-0.2, -0.15) is 0 Å². The zero-order valence-electron chi connectivity index (χ0n) is 21.2. The summed E-state index contributed by atoms with van der Waals surface area (Å²) in [6, 6.07) is 25.4. The summed E-state index contributed by atoms with van der Waals surface area (Å²) >= 11 is 2.67. The number of hydrogen-bond acceptors (Lipinski definition) is 8. The highest BCUT2D eigenvalue weighted by molar-refractivity contribution is 7.23. The second-order valence-electron chi connectivity index (χ2n) is 8.71. The number of nitrogen functional groups attached to an aromatic ring is 1. The summed E-state index contributed by atoms with van der Waals surface area (Å²) in [5.41, 5.74) is 11.5. The largest absolute Gasteiger partial charge is 0.497 e. The van der Waals surface area contributed by atoms with Gasteiger partial charge in [-0.1, -0.05) is 53.8 Å². The molecule has 3 N–H and O–H groups in total. The Morgan fingerprint density at radius 2 is 1.69 bits per heavy atom. The summed E-state index contributed by atoms with van der Waals surface area (Å²) in [6.45, 7) is 2.52. The third-order valence-corrected chi connectivity index (χ3v) is 8.30. The number of nitrogens with zero attached hydrogens (tertiary/aromatic N) is 2. The van der Waals surface area contributed by atoms with Crippen molar-refractivity contribution < 1.29 is 14.3 Å². The number of aromatic nitrogens is 2. The average molecular weight is 553 g/mol. The van der Waals surface area contributed by atoms with Gasteiger partial charge in [0.25, 0.3) is 5.91 Å². The van der Waals surface area contributed by atoms with E-state index in [0.717, 1.165) is 49.5 Å². The Hall–Kier alpha value is -4.47. The lowest BCUT2D eigenvalue weighted by molar-refractivity contribution is 0.103. The molecule has 0 aliphatic rings. The van der Waals surface area contributed by atoms with E-state index in [2.05, 4.69) is 10.3 Å². The van der Waals surface area contributed by atoms with E-state index in [1.54, 1.807) is 7.11 Å². The first kappa shape index (κ1) is 24.8. The Balaban J connectivity index is 1.42. The van der Waals surface area contributed by atoms with Crippen molar-refractivity contribution in [2.45, 2.75) is 6.92 Å². The van der Waals surface area contributed by atoms with Crippen molar-refractivity contribution in [1.82, 2.24) is 9.97 Å². The van der Waals surface area contributed by atoms with Gasteiger partial charge >= 0.3 is 0 Å². The predicted molar refractivity (Wildman–Crippen MR) is 160 cm³/mol. The smallest absolute Gasteiger partial charge is 0.269 e. The summed E-state index contributed by atoms with van der Waals surface area (Å²) in [5, 5.41) is 4.18. The first-order valence-electron chi connectivity index (χ1n) is 12.3. The van der Waals surface area contributed by atoms with Crippen LogP contribution in [0.15, 0.2) is 78.9 Å². The molecule has 39 heavy (non-hydrogen) atoms. The van der Waals surface area contributed by atoms with Gasteiger partial charge in [0.1, 0.15) is 21.2 Å². The van der Waals surface area contributed by atoms with Gasteiger partial charge in [0.15, 0.2) is 5.13 Å². The number of thiazole rings is 1. The van der Waals surface area contributed by atoms with Gasteiger partial charge in [0, 0.05) is 10.9 Å². The minimum Gasteiger partial charge on any atom is -0.497 e. The van der Waals surface area contributed by atoms with Crippen LogP contribution >= 0.6 is 22.7 Å². The van der Waals surface area contributed by atoms with Crippen molar-refractivity contribution in [2.24, 2.45) is 0 Å². The zero-order chi connectivity index (χ0) is 26.9. The van der Waals surface area contributed by atoms with Gasteiger partial charge in [-0.15, -0.1) is 11.3 Å². The number of anilines is 2. The first-order valence-corrected chi connectivity index (χ1v) is 13.9. The minimum absolute atomic E-state index is 0.318. The highest BCUT2D eigenvalue weighted by Gasteiger charge is 2.22. The fraction of sp³-hybridized carbons (Fsp3) is 0.100. The number of ether oxygens (including phenoxy) is 2. The molecule has 0 radical (unpaired) electrons. The molecule has 6 aromatic rings. The molecule has 9 heteroatoms. The number of nitrogens with one attached hydrogen (secondary N) is 1. The van der Waals surface area contributed by atoms with Crippen molar-refractivity contribution in [3.8, 4) is 33.9 Å². The maximum absolute atomic E-state index is 13.5. The van der Waals surface area contributed by atoms with Crippen molar-refractivity contribution in [2.75, 3.05) is 24.8 Å². The maximum Gasteiger partial charge on any atom is 0.269 e. The lowest BCUT2D eigenvalue weighted by Crippen LogP contribution is -2.11. The number of carbonyl (C=O) groups excluding carboxylic acids is 1. The SMILES string of the molecule is CCOc1ccc2nc(NC(=O)c3sc4nc(-c5ccccc5)cc(-c5ccc(OC)cc5)c4c3N)sc2c1. The lowest BCUT2D eigenvalue weighted by Gasteiger charge is -2.09. The van der Waals surface area contributed by atoms with Crippen LogP contribution in [0.5, 0.6) is 11.5 Å². The van der Waals surface area contributed by atoms with E-state index in [1.807, 2.05) is 85.8 Å². The van der Waals surface area contributed by atoms with Gasteiger partial charge < -0.3 is 15.2 Å². The molecule has 6 rings (SSSR count). The van der Waals surface area contributed by atoms with Crippen molar-refractivity contribution >= 4 is 59.8 Å². The Morgan fingerprint density at radius 1 is 0.923 bits per heavy atom. The van der Waals surface area contributed by atoms with Crippen LogP contribution in [0.25, 0.3) is 42.8 Å². The molecule has 1 amide bonds. The van der Waals surface area contributed by atoms with Crippen LogP contribution in [-0.2, 0) is 0 Å². The van der Waals surface area contributed by atoms with Crippen LogP contribution in [0.2, 0.25) is 0 Å². The van der Waals surface area contributed by atoms with Gasteiger partial charge in [-0.3, -0.25) is 10.1 Å². The molecule has 0 aliphatic heterocycles. The number of pyridine rings is 1. The number of amides is 1. The molecule has 0 saturated heterocycles. The quantitative estimate of drug-likeness (QED) is 0.213. The molecule has 0 spiro atoms. The molecule has 3 heterocycles. The van der Waals surface area contributed by atoms with Crippen LogP contribution in [0.1, 0.15) is 16.6 Å². The van der Waals surface area contributed by atoms with Gasteiger partial charge in [-0.25, -0.2) is 9.97 Å². The molecule has 0 unspecified atom stereocenters. The first-order chi connectivity index (χ1) is 19.0. The van der Waals surface area contributed by atoms with Crippen LogP contribution < -0.4 is 20.5 Å². The molecular formula is C30H24N4O3S2. The number of methoxy groups -OCH3 is 1. The fourth-order valence-electron chi connectivity index (χ4n) is 4.41. The topological polar surface area (TPSA) is 99.4 Å². The highest BCUT2D eigenvalue weighted by Crippen LogP contribution is 2.42. The summed E-state index contributed by atoms with van der Waals surface area (Å²) in [5.74, 6) is 1.21. The van der Waals surface area contributed by atoms with Crippen LogP contribution in [-0.4, -0.2) is 29.6 Å². The van der Waals surface area contributed by atoms with E-state index in [9.17, 15) is 4.79 Å². The fourth-order valence-corrected chi connectivity index (χ4v) is 6.32. The minimum atomic E-state index is -0.318. The number of thiophene rings is 1. The number of hydrogen-bond donors (Lipinski definition) is 2. The molecule has 0 saturated carbocycles. The van der Waals surface area contributed by atoms with E-state index < -0.39 is 0 Å². The van der Waals surface area contributed by atoms with E-state index >= 15 is 0 Å². The lowest BCUT2D eigenvalue weighted by atomic mass is 9.99. The highest BCUT2D eigenvalue weighted by atomic mass is 32.1. The van der Waals surface area contributed by atoms with Gasteiger partial charge in [0.2, 0.25) is 0 Å². The molecule has 0 bridgehead atoms. The second-order valence-corrected chi connectivity index (χ2v) is 10.7. The van der Waals surface area contributed by atoms with E-state index in [-0.39, 0.29) is 5.91 Å². The third kappa shape index (κ3) is 4.78. The second kappa shape index (κ2) is 10.4. The van der Waals surface area contributed by atoms with Crippen molar-refractivity contribution in [1.29, 1.82) is 0 Å². The van der Waals surface area contributed by atoms with Crippen molar-refractivity contribution in [3.05, 3.63) is 83.7 Å². The Bertz CT molecular complexity index is 1810. The Kier molecular flexibility index (Phi) is 6.60. The summed E-state index contributed by atoms with van der Waals surface area (Å²) < 4.78 is 11.9. The Labute approximate surface area is 232 Å². The van der Waals surface area contributed by atoms with Gasteiger partial charge in [0.05, 0.1) is 35.3 Å². The molecule has 3 aromatic carbocycles. The number of benzene rings is 3. The monoisotopic (exact) mass is 552 g/mol. The maximum atomic E-state index is 13.5. The van der Waals surface area contributed by atoms with Crippen LogP contribution in [0, 0.1) is 0 Å². The Morgan fingerprint density at radius 3 is 2.44 bits per heavy atom. The van der Waals surface area contributed by atoms with E-state index in [1.165, 1.54) is 22.7 Å². The van der Waals surface area contributed by atoms with Crippen LogP contribution in [0.4, 0.5) is 10.8 Å². The predicted octanol–water partition coefficient (Wildman–Crippen LogP) is 7.48. The normalized spacial score (nSPS) is 11.1. The summed E-state index contributed by atoms with van der Waals surface area (Å²) in [7, 11) is 1.64. The summed E-state index contributed by atoms with van der Waals surface area (Å²) in [4.78, 5) is 24.0. The van der Waals surface area contributed by atoms with Crippen LogP contribution in [0.3, 0.4) is 0 Å². The van der Waals surface area contributed by atoms with Crippen molar-refractivity contribution in [3.63, 3.8) is 0 Å². The number of nitrogens with two attached hydrogens (primary N) is 1. The molecule has 0 atom stereocenters. The summed E-state index contributed by atoms with van der Waals surface area (Å²) in [6.07, 6.45) is 0. The number of carbonyl (C=O) groups is 1. The van der Waals surface area contributed by atoms with Gasteiger partial charge in [-0.05, 0) is 54.4 Å². The molecule has 194 valence electrons. The molecular weight excluding hydrogens is 528 g/mol. The standard InChI is InChI=1S/C30H24N4O3S2/c1-3-37-20-13-14-22-24(15-20)38-30(33-22)34-28(35)27-26(31)25-21(17-9-11-19(36-2)12-10-17)16-23(32-29(25)39-27)18-7-5-4-6-8-18/h4-16H,3,31H2,1-2H3,(H,33,34,35). The zero-order valence-corrected chi connectivity index (χ0v) is 22.9.